The largest absolute Gasteiger partial charge is 0.207 e. The number of hydrogen-bond donors (Lipinski definition) is 0. The van der Waals surface area contributed by atoms with E-state index in [4.69, 9.17) is 0 Å². The van der Waals surface area contributed by atoms with Gasteiger partial charge in [-0.2, -0.15) is 0 Å². The van der Waals surface area contributed by atoms with Gasteiger partial charge in [-0.1, -0.05) is 95.8 Å². The molecule has 4 rings (SSSR count). The zero-order valence-corrected chi connectivity index (χ0v) is 21.4. The number of hydrogen-bond acceptors (Lipinski definition) is 0. The van der Waals surface area contributed by atoms with Crippen molar-refractivity contribution in [2.45, 2.75) is 122 Å². The monoisotopic (exact) mass is 452 g/mol. The standard InChI is InChI=1S/C32H49F/c1-3-5-6-8-24-9-11-25(12-10-24)13-14-26-15-16-29-22-30(20-19-28(29)21-26)31-18-17-27(7-4-2)32(33)23-31/h4,17-18,23-26,28-30H,2-3,5-16,19-22H2,1H3. The van der Waals surface area contributed by atoms with Crippen LogP contribution < -0.4 is 0 Å². The Kier molecular flexibility index (Phi) is 9.51. The first kappa shape index (κ1) is 25.0. The van der Waals surface area contributed by atoms with Crippen molar-refractivity contribution in [3.63, 3.8) is 0 Å². The van der Waals surface area contributed by atoms with Crippen LogP contribution in [0.4, 0.5) is 4.39 Å². The number of fused-ring (bicyclic) bond motifs is 1. The minimum absolute atomic E-state index is 0.0341. The summed E-state index contributed by atoms with van der Waals surface area (Å²) in [5.41, 5.74) is 2.03. The fourth-order valence-electron chi connectivity index (χ4n) is 7.65. The van der Waals surface area contributed by atoms with Crippen LogP contribution in [0.25, 0.3) is 0 Å². The highest BCUT2D eigenvalue weighted by molar-refractivity contribution is 5.28. The molecule has 0 spiro atoms. The van der Waals surface area contributed by atoms with E-state index in [1.165, 1.54) is 108 Å². The fraction of sp³-hybridized carbons (Fsp3) is 0.750. The van der Waals surface area contributed by atoms with Crippen molar-refractivity contribution in [1.29, 1.82) is 0 Å². The number of rotatable bonds is 10. The summed E-state index contributed by atoms with van der Waals surface area (Å²) in [6, 6.07) is 6.01. The van der Waals surface area contributed by atoms with Gasteiger partial charge >= 0.3 is 0 Å². The lowest BCUT2D eigenvalue weighted by atomic mass is 9.63. The third kappa shape index (κ3) is 6.95. The van der Waals surface area contributed by atoms with Gasteiger partial charge in [-0.05, 0) is 91.2 Å². The molecule has 3 saturated carbocycles. The van der Waals surface area contributed by atoms with Crippen LogP contribution in [-0.4, -0.2) is 0 Å². The van der Waals surface area contributed by atoms with E-state index in [2.05, 4.69) is 19.6 Å². The van der Waals surface area contributed by atoms with Gasteiger partial charge in [0.2, 0.25) is 0 Å². The molecular formula is C32H49F. The maximum absolute atomic E-state index is 14.5. The second-order valence-corrected chi connectivity index (χ2v) is 12.0. The Morgan fingerprint density at radius 2 is 1.48 bits per heavy atom. The maximum Gasteiger partial charge on any atom is 0.126 e. The van der Waals surface area contributed by atoms with E-state index < -0.39 is 0 Å². The fourth-order valence-corrected chi connectivity index (χ4v) is 7.65. The number of benzene rings is 1. The van der Waals surface area contributed by atoms with Gasteiger partial charge in [0.1, 0.15) is 5.82 Å². The Labute approximate surface area is 203 Å². The lowest BCUT2D eigenvalue weighted by Gasteiger charge is -2.43. The Morgan fingerprint density at radius 3 is 2.21 bits per heavy atom. The molecule has 1 heteroatoms. The van der Waals surface area contributed by atoms with E-state index in [0.29, 0.717) is 12.3 Å². The highest BCUT2D eigenvalue weighted by atomic mass is 19.1. The summed E-state index contributed by atoms with van der Waals surface area (Å²) in [4.78, 5) is 0. The molecule has 0 radical (unpaired) electrons. The van der Waals surface area contributed by atoms with Gasteiger partial charge in [-0.3, -0.25) is 0 Å². The normalized spacial score (nSPS) is 32.3. The summed E-state index contributed by atoms with van der Waals surface area (Å²) in [6.45, 7) is 6.07. The van der Waals surface area contributed by atoms with Crippen LogP contribution >= 0.6 is 0 Å². The van der Waals surface area contributed by atoms with Gasteiger partial charge in [0.15, 0.2) is 0 Å². The van der Waals surface area contributed by atoms with Crippen molar-refractivity contribution in [1.82, 2.24) is 0 Å². The van der Waals surface area contributed by atoms with Crippen LogP contribution in [0, 0.1) is 35.4 Å². The van der Waals surface area contributed by atoms with Gasteiger partial charge < -0.3 is 0 Å². The van der Waals surface area contributed by atoms with Crippen LogP contribution in [0.1, 0.15) is 127 Å². The van der Waals surface area contributed by atoms with Crippen LogP contribution in [0.2, 0.25) is 0 Å². The second-order valence-electron chi connectivity index (χ2n) is 12.0. The summed E-state index contributed by atoms with van der Waals surface area (Å²) in [7, 11) is 0. The summed E-state index contributed by atoms with van der Waals surface area (Å²) in [5, 5.41) is 0. The molecule has 33 heavy (non-hydrogen) atoms. The van der Waals surface area contributed by atoms with E-state index in [0.717, 1.165) is 35.2 Å². The molecule has 0 saturated heterocycles. The molecule has 0 amide bonds. The lowest BCUT2D eigenvalue weighted by Crippen LogP contribution is -2.30. The molecule has 3 aliphatic carbocycles. The second kappa shape index (κ2) is 12.6. The average Bonchev–Trinajstić information content (AvgIpc) is 2.84. The Balaban J connectivity index is 1.18. The first-order chi connectivity index (χ1) is 16.2. The van der Waals surface area contributed by atoms with Crippen LogP contribution in [0.5, 0.6) is 0 Å². The minimum atomic E-state index is -0.0341. The molecule has 0 nitrogen and oxygen atoms in total. The van der Waals surface area contributed by atoms with Crippen LogP contribution in [-0.2, 0) is 6.42 Å². The molecular weight excluding hydrogens is 403 g/mol. The molecule has 0 bridgehead atoms. The highest BCUT2D eigenvalue weighted by Gasteiger charge is 2.36. The van der Waals surface area contributed by atoms with Crippen LogP contribution in [0.3, 0.4) is 0 Å². The molecule has 184 valence electrons. The van der Waals surface area contributed by atoms with Gasteiger partial charge in [-0.15, -0.1) is 6.58 Å². The SMILES string of the molecule is C=CCc1ccc(C2CCC3CC(CCC4CCC(CCCCC)CC4)CCC3C2)cc1F. The van der Waals surface area contributed by atoms with E-state index in [-0.39, 0.29) is 5.82 Å². The molecule has 0 heterocycles. The van der Waals surface area contributed by atoms with E-state index in [9.17, 15) is 4.39 Å². The lowest BCUT2D eigenvalue weighted by molar-refractivity contribution is 0.108. The molecule has 4 atom stereocenters. The predicted molar refractivity (Wildman–Crippen MR) is 140 cm³/mol. The van der Waals surface area contributed by atoms with E-state index in [1.807, 2.05) is 12.1 Å². The van der Waals surface area contributed by atoms with Crippen LogP contribution in [0.15, 0.2) is 30.9 Å². The summed E-state index contributed by atoms with van der Waals surface area (Å²) in [5.74, 6) is 5.43. The summed E-state index contributed by atoms with van der Waals surface area (Å²) in [6.07, 6.45) is 25.5. The zero-order chi connectivity index (χ0) is 23.0. The zero-order valence-electron chi connectivity index (χ0n) is 21.4. The molecule has 0 aliphatic heterocycles. The summed E-state index contributed by atoms with van der Waals surface area (Å²) < 4.78 is 14.5. The average molecular weight is 453 g/mol. The number of halogens is 1. The van der Waals surface area contributed by atoms with Crippen molar-refractivity contribution in [3.8, 4) is 0 Å². The third-order valence-electron chi connectivity index (χ3n) is 9.80. The van der Waals surface area contributed by atoms with Gasteiger partial charge in [0.05, 0.1) is 0 Å². The first-order valence-corrected chi connectivity index (χ1v) is 14.5. The molecule has 3 aliphatic rings. The van der Waals surface area contributed by atoms with Crippen molar-refractivity contribution in [3.05, 3.63) is 47.8 Å². The number of unbranched alkanes of at least 4 members (excludes halogenated alkanes) is 2. The molecule has 0 aromatic heterocycles. The minimum Gasteiger partial charge on any atom is -0.207 e. The molecule has 1 aromatic carbocycles. The quantitative estimate of drug-likeness (QED) is 0.245. The predicted octanol–water partition coefficient (Wildman–Crippen LogP) is 10.0. The molecule has 0 N–H and O–H groups in total. The van der Waals surface area contributed by atoms with Crippen molar-refractivity contribution in [2.24, 2.45) is 29.6 Å². The van der Waals surface area contributed by atoms with Gasteiger partial charge in [0.25, 0.3) is 0 Å². The Bertz CT molecular complexity index is 728. The topological polar surface area (TPSA) is 0 Å². The van der Waals surface area contributed by atoms with Crippen molar-refractivity contribution < 1.29 is 4.39 Å². The highest BCUT2D eigenvalue weighted by Crippen LogP contribution is 2.49. The van der Waals surface area contributed by atoms with E-state index in [1.54, 1.807) is 6.08 Å². The van der Waals surface area contributed by atoms with Crippen molar-refractivity contribution in [2.75, 3.05) is 0 Å². The first-order valence-electron chi connectivity index (χ1n) is 14.5. The number of allylic oxidation sites excluding steroid dienone is 1. The maximum atomic E-state index is 14.5. The Hall–Kier alpha value is -1.11. The molecule has 4 unspecified atom stereocenters. The summed E-state index contributed by atoms with van der Waals surface area (Å²) >= 11 is 0. The van der Waals surface area contributed by atoms with Gasteiger partial charge in [-0.25, -0.2) is 4.39 Å². The van der Waals surface area contributed by atoms with Gasteiger partial charge in [0, 0.05) is 0 Å². The Morgan fingerprint density at radius 1 is 0.818 bits per heavy atom. The molecule has 3 fully saturated rings. The third-order valence-corrected chi connectivity index (χ3v) is 9.80. The van der Waals surface area contributed by atoms with Crippen molar-refractivity contribution >= 4 is 0 Å². The molecule has 1 aromatic rings. The smallest absolute Gasteiger partial charge is 0.126 e. The van der Waals surface area contributed by atoms with E-state index >= 15 is 0 Å².